The van der Waals surface area contributed by atoms with Crippen LogP contribution in [0.3, 0.4) is 0 Å². The molecule has 0 aliphatic heterocycles. The molecule has 0 saturated carbocycles. The Labute approximate surface area is 193 Å². The van der Waals surface area contributed by atoms with Crippen molar-refractivity contribution in [2.24, 2.45) is 5.92 Å². The Morgan fingerprint density at radius 2 is 1.61 bits per heavy atom. The third kappa shape index (κ3) is 5.90. The fraction of sp³-hybridized carbons (Fsp3) is 0.400. The number of aliphatic hydroxyl groups is 1. The standard InChI is InChI=1S/C25H30N2O6/c1-3-15(2)12-21(23(29)26-13-22(28)24(30)31)27-25(32)33-14-20-18-10-6-4-8-16(18)17-9-5-7-11-19(17)20/h4-11,15,20-22,28H,3,12-14H2,1-2H3,(H,26,29)(H,27,32)(H,30,31). The Bertz CT molecular complexity index is 962. The monoisotopic (exact) mass is 454 g/mol. The molecule has 1 aliphatic rings. The van der Waals surface area contributed by atoms with Gasteiger partial charge in [0.1, 0.15) is 12.6 Å². The first-order valence-corrected chi connectivity index (χ1v) is 11.1. The van der Waals surface area contributed by atoms with Gasteiger partial charge in [-0.05, 0) is 34.6 Å². The van der Waals surface area contributed by atoms with Crippen molar-refractivity contribution in [1.82, 2.24) is 10.6 Å². The maximum Gasteiger partial charge on any atom is 0.407 e. The molecule has 0 spiro atoms. The van der Waals surface area contributed by atoms with Gasteiger partial charge in [0, 0.05) is 5.92 Å². The number of ether oxygens (including phenoxy) is 1. The number of carbonyl (C=O) groups is 3. The predicted octanol–water partition coefficient (Wildman–Crippen LogP) is 2.89. The van der Waals surface area contributed by atoms with Gasteiger partial charge in [-0.25, -0.2) is 9.59 Å². The summed E-state index contributed by atoms with van der Waals surface area (Å²) < 4.78 is 5.53. The Hall–Kier alpha value is -3.39. The van der Waals surface area contributed by atoms with Gasteiger partial charge in [-0.2, -0.15) is 0 Å². The summed E-state index contributed by atoms with van der Waals surface area (Å²) in [5.41, 5.74) is 4.41. The number of nitrogens with one attached hydrogen (secondary N) is 2. The van der Waals surface area contributed by atoms with E-state index in [1.165, 1.54) is 0 Å². The largest absolute Gasteiger partial charge is 0.479 e. The highest BCUT2D eigenvalue weighted by atomic mass is 16.5. The van der Waals surface area contributed by atoms with Crippen LogP contribution in [0.5, 0.6) is 0 Å². The third-order valence-electron chi connectivity index (χ3n) is 6.04. The minimum absolute atomic E-state index is 0.101. The molecule has 8 heteroatoms. The molecule has 0 heterocycles. The molecular formula is C25H30N2O6. The summed E-state index contributed by atoms with van der Waals surface area (Å²) in [6.45, 7) is 3.60. The van der Waals surface area contributed by atoms with E-state index in [4.69, 9.17) is 9.84 Å². The lowest BCUT2D eigenvalue weighted by Crippen LogP contribution is -2.50. The number of alkyl carbamates (subject to hydrolysis) is 1. The van der Waals surface area contributed by atoms with E-state index in [-0.39, 0.29) is 18.4 Å². The maximum absolute atomic E-state index is 12.6. The second-order valence-electron chi connectivity index (χ2n) is 8.37. The molecule has 3 rings (SSSR count). The van der Waals surface area contributed by atoms with Crippen molar-refractivity contribution < 1.29 is 29.3 Å². The zero-order chi connectivity index (χ0) is 24.0. The van der Waals surface area contributed by atoms with Gasteiger partial charge in [-0.1, -0.05) is 68.8 Å². The number of rotatable bonds is 10. The number of carbonyl (C=O) groups excluding carboxylic acids is 2. The quantitative estimate of drug-likeness (QED) is 0.438. The topological polar surface area (TPSA) is 125 Å². The average Bonchev–Trinajstić information content (AvgIpc) is 3.14. The van der Waals surface area contributed by atoms with Crippen molar-refractivity contribution in [2.75, 3.05) is 13.2 Å². The number of amides is 2. The Morgan fingerprint density at radius 3 is 2.15 bits per heavy atom. The van der Waals surface area contributed by atoms with Crippen LogP contribution >= 0.6 is 0 Å². The minimum atomic E-state index is -1.72. The van der Waals surface area contributed by atoms with Crippen molar-refractivity contribution in [1.29, 1.82) is 0 Å². The van der Waals surface area contributed by atoms with Gasteiger partial charge in [-0.15, -0.1) is 0 Å². The molecule has 0 aromatic heterocycles. The first-order valence-electron chi connectivity index (χ1n) is 11.1. The predicted molar refractivity (Wildman–Crippen MR) is 123 cm³/mol. The number of hydrogen-bond acceptors (Lipinski definition) is 5. The van der Waals surface area contributed by atoms with Gasteiger partial charge < -0.3 is 25.6 Å². The first kappa shape index (κ1) is 24.3. The maximum atomic E-state index is 12.6. The second kappa shape index (κ2) is 11.0. The number of carboxylic acid groups (broad SMARTS) is 1. The molecule has 0 fully saturated rings. The normalized spacial score (nSPS) is 15.0. The lowest BCUT2D eigenvalue weighted by atomic mass is 9.98. The molecule has 3 atom stereocenters. The van der Waals surface area contributed by atoms with Crippen LogP contribution < -0.4 is 10.6 Å². The van der Waals surface area contributed by atoms with E-state index in [0.717, 1.165) is 28.7 Å². The highest BCUT2D eigenvalue weighted by Gasteiger charge is 2.30. The van der Waals surface area contributed by atoms with Crippen molar-refractivity contribution in [3.63, 3.8) is 0 Å². The molecule has 176 valence electrons. The fourth-order valence-corrected chi connectivity index (χ4v) is 3.99. The fourth-order valence-electron chi connectivity index (χ4n) is 3.99. The Balaban J connectivity index is 1.64. The van der Waals surface area contributed by atoms with E-state index in [0.29, 0.717) is 6.42 Å². The number of benzene rings is 2. The van der Waals surface area contributed by atoms with Crippen LogP contribution in [-0.4, -0.2) is 53.5 Å². The van der Waals surface area contributed by atoms with Gasteiger partial charge in [0.2, 0.25) is 5.91 Å². The van der Waals surface area contributed by atoms with Crippen molar-refractivity contribution in [2.45, 2.75) is 44.8 Å². The third-order valence-corrected chi connectivity index (χ3v) is 6.04. The molecule has 2 amide bonds. The summed E-state index contributed by atoms with van der Waals surface area (Å²) in [4.78, 5) is 35.9. The summed E-state index contributed by atoms with van der Waals surface area (Å²) >= 11 is 0. The summed E-state index contributed by atoms with van der Waals surface area (Å²) in [6.07, 6.45) is -1.28. The molecule has 0 bridgehead atoms. The van der Waals surface area contributed by atoms with E-state index in [1.54, 1.807) is 0 Å². The second-order valence-corrected chi connectivity index (χ2v) is 8.37. The summed E-state index contributed by atoms with van der Waals surface area (Å²) in [6, 6.07) is 15.1. The minimum Gasteiger partial charge on any atom is -0.479 e. The van der Waals surface area contributed by atoms with Crippen molar-refractivity contribution in [3.8, 4) is 11.1 Å². The molecule has 0 saturated heterocycles. The van der Waals surface area contributed by atoms with E-state index in [9.17, 15) is 19.5 Å². The van der Waals surface area contributed by atoms with Crippen LogP contribution in [-0.2, 0) is 14.3 Å². The molecule has 0 radical (unpaired) electrons. The van der Waals surface area contributed by atoms with Gasteiger partial charge in [0.05, 0.1) is 6.54 Å². The zero-order valence-corrected chi connectivity index (χ0v) is 18.8. The number of aliphatic carboxylic acids is 1. The number of hydrogen-bond donors (Lipinski definition) is 4. The van der Waals surface area contributed by atoms with E-state index >= 15 is 0 Å². The molecule has 8 nitrogen and oxygen atoms in total. The van der Waals surface area contributed by atoms with Crippen LogP contribution in [0.15, 0.2) is 48.5 Å². The number of fused-ring (bicyclic) bond motifs is 3. The summed E-state index contributed by atoms with van der Waals surface area (Å²) in [7, 11) is 0. The molecule has 2 aromatic carbocycles. The van der Waals surface area contributed by atoms with Crippen molar-refractivity contribution in [3.05, 3.63) is 59.7 Å². The van der Waals surface area contributed by atoms with Crippen LogP contribution in [0.1, 0.15) is 43.7 Å². The SMILES string of the molecule is CCC(C)CC(NC(=O)OCC1c2ccccc2-c2ccccc21)C(=O)NCC(O)C(=O)O. The highest BCUT2D eigenvalue weighted by molar-refractivity contribution is 5.86. The van der Waals surface area contributed by atoms with Crippen LogP contribution in [0.4, 0.5) is 4.79 Å². The van der Waals surface area contributed by atoms with Gasteiger partial charge in [-0.3, -0.25) is 4.79 Å². The molecule has 4 N–H and O–H groups in total. The van der Waals surface area contributed by atoms with Crippen LogP contribution in [0.2, 0.25) is 0 Å². The van der Waals surface area contributed by atoms with Crippen molar-refractivity contribution >= 4 is 18.0 Å². The van der Waals surface area contributed by atoms with E-state index in [1.807, 2.05) is 62.4 Å². The van der Waals surface area contributed by atoms with E-state index < -0.39 is 36.7 Å². The Morgan fingerprint density at radius 1 is 1.03 bits per heavy atom. The van der Waals surface area contributed by atoms with Gasteiger partial charge in [0.25, 0.3) is 0 Å². The molecule has 1 aliphatic carbocycles. The molecular weight excluding hydrogens is 424 g/mol. The van der Waals surface area contributed by atoms with E-state index in [2.05, 4.69) is 10.6 Å². The van der Waals surface area contributed by atoms with Crippen LogP contribution in [0, 0.1) is 5.92 Å². The number of aliphatic hydroxyl groups excluding tert-OH is 1. The summed E-state index contributed by atoms with van der Waals surface area (Å²) in [5, 5.41) is 23.2. The number of carboxylic acids is 1. The smallest absolute Gasteiger partial charge is 0.407 e. The zero-order valence-electron chi connectivity index (χ0n) is 18.8. The molecule has 33 heavy (non-hydrogen) atoms. The van der Waals surface area contributed by atoms with Gasteiger partial charge >= 0.3 is 12.1 Å². The van der Waals surface area contributed by atoms with Gasteiger partial charge in [0.15, 0.2) is 6.10 Å². The summed E-state index contributed by atoms with van der Waals surface area (Å²) in [5.74, 6) is -1.96. The molecule has 3 unspecified atom stereocenters. The molecule has 2 aromatic rings. The first-order chi connectivity index (χ1) is 15.8. The van der Waals surface area contributed by atoms with Crippen LogP contribution in [0.25, 0.3) is 11.1 Å². The Kier molecular flexibility index (Phi) is 8.06. The lowest BCUT2D eigenvalue weighted by Gasteiger charge is -2.22. The lowest BCUT2D eigenvalue weighted by molar-refractivity contribution is -0.146. The average molecular weight is 455 g/mol. The highest BCUT2D eigenvalue weighted by Crippen LogP contribution is 2.44.